The molecule has 3 N–H and O–H groups in total. The summed E-state index contributed by atoms with van der Waals surface area (Å²) in [6, 6.07) is 2.05. The summed E-state index contributed by atoms with van der Waals surface area (Å²) in [5.74, 6) is -1.27. The molecule has 0 aliphatic heterocycles. The van der Waals surface area contributed by atoms with Crippen LogP contribution in [0.15, 0.2) is 0 Å². The maximum atomic E-state index is 11.2. The highest BCUT2D eigenvalue weighted by atomic mass is 31.2. The van der Waals surface area contributed by atoms with Crippen LogP contribution < -0.4 is 0 Å². The minimum absolute atomic E-state index is 0.0902. The standard InChI is InChI=1S/C10H18NO5P/c1-3-10(4-2,7-11)6-8(5-9(12)13)17(14,15)16/h8H,3-6H2,1-2H3,(H,12,13)(H2,14,15,16). The number of rotatable bonds is 7. The zero-order chi connectivity index (χ0) is 13.7. The Morgan fingerprint density at radius 1 is 1.41 bits per heavy atom. The molecule has 7 heteroatoms. The van der Waals surface area contributed by atoms with Gasteiger partial charge in [0, 0.05) is 0 Å². The normalized spacial score (nSPS) is 14.1. The van der Waals surface area contributed by atoms with Gasteiger partial charge in [0.05, 0.1) is 23.6 Å². The Kier molecular flexibility index (Phi) is 5.83. The Morgan fingerprint density at radius 2 is 1.88 bits per heavy atom. The molecule has 0 fully saturated rings. The van der Waals surface area contributed by atoms with Gasteiger partial charge >= 0.3 is 13.6 Å². The zero-order valence-electron chi connectivity index (χ0n) is 9.96. The molecule has 1 unspecified atom stereocenters. The molecule has 0 heterocycles. The molecule has 0 aromatic carbocycles. The molecule has 0 amide bonds. The van der Waals surface area contributed by atoms with E-state index < -0.39 is 31.1 Å². The van der Waals surface area contributed by atoms with E-state index in [0.717, 1.165) is 0 Å². The highest BCUT2D eigenvalue weighted by molar-refractivity contribution is 7.52. The van der Waals surface area contributed by atoms with Crippen molar-refractivity contribution in [2.45, 2.75) is 45.2 Å². The van der Waals surface area contributed by atoms with Crippen LogP contribution in [-0.2, 0) is 9.36 Å². The van der Waals surface area contributed by atoms with Crippen LogP contribution in [0.1, 0.15) is 39.5 Å². The fourth-order valence-electron chi connectivity index (χ4n) is 1.71. The van der Waals surface area contributed by atoms with Crippen LogP contribution in [0.3, 0.4) is 0 Å². The van der Waals surface area contributed by atoms with Crippen molar-refractivity contribution >= 4 is 13.6 Å². The molecular formula is C10H18NO5P. The van der Waals surface area contributed by atoms with Crippen LogP contribution in [0.25, 0.3) is 0 Å². The van der Waals surface area contributed by atoms with Gasteiger partial charge in [-0.2, -0.15) is 5.26 Å². The van der Waals surface area contributed by atoms with Crippen molar-refractivity contribution in [2.75, 3.05) is 0 Å². The number of carboxylic acids is 1. The lowest BCUT2D eigenvalue weighted by Crippen LogP contribution is -2.26. The Bertz CT molecular complexity index is 352. The van der Waals surface area contributed by atoms with Gasteiger partial charge in [-0.3, -0.25) is 9.36 Å². The third-order valence-corrected chi connectivity index (χ3v) is 4.42. The average molecular weight is 263 g/mol. The highest BCUT2D eigenvalue weighted by Crippen LogP contribution is 2.49. The van der Waals surface area contributed by atoms with Crippen molar-refractivity contribution in [1.29, 1.82) is 5.26 Å². The third kappa shape index (κ3) is 4.86. The van der Waals surface area contributed by atoms with Crippen LogP contribution >= 0.6 is 7.60 Å². The number of carbonyl (C=O) groups is 1. The molecule has 0 aromatic rings. The summed E-state index contributed by atoms with van der Waals surface area (Å²) in [6.45, 7) is 3.51. The Morgan fingerprint density at radius 3 is 2.12 bits per heavy atom. The van der Waals surface area contributed by atoms with E-state index in [2.05, 4.69) is 6.07 Å². The van der Waals surface area contributed by atoms with Crippen molar-refractivity contribution in [3.63, 3.8) is 0 Å². The molecule has 0 aliphatic carbocycles. The topological polar surface area (TPSA) is 119 Å². The second-order valence-corrected chi connectivity index (χ2v) is 6.05. The van der Waals surface area contributed by atoms with Gasteiger partial charge in [0.1, 0.15) is 0 Å². The predicted octanol–water partition coefficient (Wildman–Crippen LogP) is 1.73. The molecule has 98 valence electrons. The summed E-state index contributed by atoms with van der Waals surface area (Å²) in [5, 5.41) is 17.7. The molecule has 0 radical (unpaired) electrons. The van der Waals surface area contributed by atoms with Crippen molar-refractivity contribution in [2.24, 2.45) is 5.41 Å². The lowest BCUT2D eigenvalue weighted by Gasteiger charge is -2.28. The van der Waals surface area contributed by atoms with Gasteiger partial charge in [-0.15, -0.1) is 0 Å². The monoisotopic (exact) mass is 263 g/mol. The minimum Gasteiger partial charge on any atom is -0.481 e. The van der Waals surface area contributed by atoms with E-state index in [-0.39, 0.29) is 6.42 Å². The van der Waals surface area contributed by atoms with Crippen LogP contribution in [-0.4, -0.2) is 26.5 Å². The molecule has 0 aromatic heterocycles. The average Bonchev–Trinajstić information content (AvgIpc) is 2.23. The summed E-state index contributed by atoms with van der Waals surface area (Å²) >= 11 is 0. The summed E-state index contributed by atoms with van der Waals surface area (Å²) in [6.07, 6.45) is 0.174. The molecule has 1 atom stereocenters. The molecule has 0 aliphatic rings. The van der Waals surface area contributed by atoms with E-state index in [1.54, 1.807) is 13.8 Å². The number of aliphatic carboxylic acids is 1. The molecule has 17 heavy (non-hydrogen) atoms. The number of carboxylic acid groups (broad SMARTS) is 1. The molecular weight excluding hydrogens is 245 g/mol. The van der Waals surface area contributed by atoms with E-state index in [4.69, 9.17) is 20.2 Å². The van der Waals surface area contributed by atoms with Crippen molar-refractivity contribution in [3.05, 3.63) is 0 Å². The van der Waals surface area contributed by atoms with Crippen molar-refractivity contribution < 1.29 is 24.3 Å². The van der Waals surface area contributed by atoms with Gasteiger partial charge in [0.2, 0.25) is 0 Å². The van der Waals surface area contributed by atoms with Crippen LogP contribution in [0.2, 0.25) is 0 Å². The largest absolute Gasteiger partial charge is 0.481 e. The molecule has 6 nitrogen and oxygen atoms in total. The second-order valence-electron chi connectivity index (χ2n) is 4.14. The minimum atomic E-state index is -4.50. The zero-order valence-corrected chi connectivity index (χ0v) is 10.9. The Labute approximate surface area is 100 Å². The Hall–Kier alpha value is -0.890. The van der Waals surface area contributed by atoms with Gasteiger partial charge in [0.15, 0.2) is 0 Å². The molecule has 0 bridgehead atoms. The van der Waals surface area contributed by atoms with Gasteiger partial charge in [0.25, 0.3) is 0 Å². The summed E-state index contributed by atoms with van der Waals surface area (Å²) in [7, 11) is -4.50. The van der Waals surface area contributed by atoms with Gasteiger partial charge in [-0.25, -0.2) is 0 Å². The number of hydrogen-bond donors (Lipinski definition) is 3. The summed E-state index contributed by atoms with van der Waals surface area (Å²) in [5.41, 5.74) is -2.15. The second kappa shape index (κ2) is 6.15. The number of hydrogen-bond acceptors (Lipinski definition) is 3. The van der Waals surface area contributed by atoms with Crippen molar-refractivity contribution in [1.82, 2.24) is 0 Å². The molecule has 0 rings (SSSR count). The highest BCUT2D eigenvalue weighted by Gasteiger charge is 2.39. The van der Waals surface area contributed by atoms with Gasteiger partial charge in [-0.1, -0.05) is 13.8 Å². The third-order valence-electron chi connectivity index (χ3n) is 3.10. The lowest BCUT2D eigenvalue weighted by atomic mass is 9.79. The van der Waals surface area contributed by atoms with Crippen LogP contribution in [0.4, 0.5) is 0 Å². The van der Waals surface area contributed by atoms with Gasteiger partial charge in [-0.05, 0) is 19.3 Å². The van der Waals surface area contributed by atoms with E-state index in [1.165, 1.54) is 0 Å². The summed E-state index contributed by atoms with van der Waals surface area (Å²) in [4.78, 5) is 28.8. The first-order chi connectivity index (χ1) is 7.70. The molecule has 0 spiro atoms. The Balaban J connectivity index is 5.05. The molecule has 0 saturated carbocycles. The van der Waals surface area contributed by atoms with E-state index in [0.29, 0.717) is 12.8 Å². The predicted molar refractivity (Wildman–Crippen MR) is 61.3 cm³/mol. The van der Waals surface area contributed by atoms with Crippen LogP contribution in [0.5, 0.6) is 0 Å². The first kappa shape index (κ1) is 16.1. The van der Waals surface area contributed by atoms with E-state index in [1.807, 2.05) is 0 Å². The fourth-order valence-corrected chi connectivity index (χ4v) is 2.69. The SMILES string of the molecule is CCC(C#N)(CC)CC(CC(=O)O)P(=O)(O)O. The van der Waals surface area contributed by atoms with E-state index >= 15 is 0 Å². The molecule has 0 saturated heterocycles. The summed E-state index contributed by atoms with van der Waals surface area (Å²) < 4.78 is 11.2. The quantitative estimate of drug-likeness (QED) is 0.602. The maximum absolute atomic E-state index is 11.2. The van der Waals surface area contributed by atoms with E-state index in [9.17, 15) is 9.36 Å². The smallest absolute Gasteiger partial charge is 0.329 e. The van der Waals surface area contributed by atoms with Gasteiger partial charge < -0.3 is 14.9 Å². The van der Waals surface area contributed by atoms with Crippen LogP contribution in [0, 0.1) is 16.7 Å². The maximum Gasteiger partial charge on any atom is 0.329 e. The first-order valence-corrected chi connectivity index (χ1v) is 7.07. The fraction of sp³-hybridized carbons (Fsp3) is 0.800. The first-order valence-electron chi connectivity index (χ1n) is 5.39. The lowest BCUT2D eigenvalue weighted by molar-refractivity contribution is -0.137. The number of nitriles is 1. The van der Waals surface area contributed by atoms with Crippen molar-refractivity contribution in [3.8, 4) is 6.07 Å². The number of nitrogens with zero attached hydrogens (tertiary/aromatic N) is 1.